The number of nitrogens with zero attached hydrogens (tertiary/aromatic N) is 1. The summed E-state index contributed by atoms with van der Waals surface area (Å²) in [5.41, 5.74) is 0.662. The molecule has 0 heterocycles. The molecule has 0 spiro atoms. The maximum atomic E-state index is 12.4. The second-order valence-electron chi connectivity index (χ2n) is 5.44. The maximum absolute atomic E-state index is 12.4. The lowest BCUT2D eigenvalue weighted by molar-refractivity contribution is -0.140. The Hall–Kier alpha value is -1.26. The van der Waals surface area contributed by atoms with Crippen LogP contribution >= 0.6 is 23.2 Å². The lowest BCUT2D eigenvalue weighted by Gasteiger charge is -2.29. The molecule has 0 aliphatic carbocycles. The van der Waals surface area contributed by atoms with E-state index < -0.39 is 6.04 Å². The standard InChI is InChI=1S/C17H24Cl2N2O2/c1-4-7-16(22)21(12(3)17(23)20-10-5-2)11-13-14(18)8-6-9-15(13)19/h6,8-9,12H,4-5,7,10-11H2,1-3H3,(H,20,23)/t12-/m0/s1. The highest BCUT2D eigenvalue weighted by atomic mass is 35.5. The summed E-state index contributed by atoms with van der Waals surface area (Å²) in [5, 5.41) is 3.81. The topological polar surface area (TPSA) is 49.4 Å². The minimum Gasteiger partial charge on any atom is -0.354 e. The zero-order chi connectivity index (χ0) is 17.4. The minimum atomic E-state index is -0.576. The molecule has 0 fully saturated rings. The van der Waals surface area contributed by atoms with Crippen LogP contribution in [0.3, 0.4) is 0 Å². The van der Waals surface area contributed by atoms with Crippen molar-refractivity contribution in [3.05, 3.63) is 33.8 Å². The smallest absolute Gasteiger partial charge is 0.242 e. The molecule has 2 amide bonds. The molecule has 1 N–H and O–H groups in total. The average Bonchev–Trinajstić information content (AvgIpc) is 2.52. The van der Waals surface area contributed by atoms with Crippen LogP contribution in [0.15, 0.2) is 18.2 Å². The number of carbonyl (C=O) groups excluding carboxylic acids is 2. The van der Waals surface area contributed by atoms with Gasteiger partial charge in [0.2, 0.25) is 11.8 Å². The first-order valence-corrected chi connectivity index (χ1v) is 8.68. The van der Waals surface area contributed by atoms with Crippen molar-refractivity contribution in [1.82, 2.24) is 10.2 Å². The summed E-state index contributed by atoms with van der Waals surface area (Å²) >= 11 is 12.4. The van der Waals surface area contributed by atoms with Crippen LogP contribution in [0.1, 0.15) is 45.6 Å². The van der Waals surface area contributed by atoms with Crippen molar-refractivity contribution >= 4 is 35.0 Å². The lowest BCUT2D eigenvalue weighted by Crippen LogP contribution is -2.47. The summed E-state index contributed by atoms with van der Waals surface area (Å²) in [5.74, 6) is -0.248. The van der Waals surface area contributed by atoms with E-state index in [-0.39, 0.29) is 18.4 Å². The number of hydrogen-bond acceptors (Lipinski definition) is 2. The van der Waals surface area contributed by atoms with Gasteiger partial charge in [0.05, 0.1) is 0 Å². The van der Waals surface area contributed by atoms with Gasteiger partial charge in [-0.05, 0) is 31.9 Å². The summed E-state index contributed by atoms with van der Waals surface area (Å²) < 4.78 is 0. The first-order chi connectivity index (χ1) is 10.9. The first-order valence-electron chi connectivity index (χ1n) is 7.92. The largest absolute Gasteiger partial charge is 0.354 e. The number of nitrogens with one attached hydrogen (secondary N) is 1. The van der Waals surface area contributed by atoms with Crippen molar-refractivity contribution in [2.45, 2.75) is 52.6 Å². The van der Waals surface area contributed by atoms with Crippen molar-refractivity contribution in [3.63, 3.8) is 0 Å². The third kappa shape index (κ3) is 5.70. The van der Waals surface area contributed by atoms with E-state index in [1.165, 1.54) is 0 Å². The molecule has 1 aromatic carbocycles. The van der Waals surface area contributed by atoms with Gasteiger partial charge in [0.15, 0.2) is 0 Å². The highest BCUT2D eigenvalue weighted by Gasteiger charge is 2.26. The molecule has 0 unspecified atom stereocenters. The van der Waals surface area contributed by atoms with Gasteiger partial charge in [-0.2, -0.15) is 0 Å². The van der Waals surface area contributed by atoms with Gasteiger partial charge in [0, 0.05) is 35.1 Å². The Kier molecular flexibility index (Phi) is 8.42. The summed E-state index contributed by atoms with van der Waals surface area (Å²) in [7, 11) is 0. The van der Waals surface area contributed by atoms with E-state index in [0.717, 1.165) is 12.8 Å². The number of benzene rings is 1. The van der Waals surface area contributed by atoms with Crippen LogP contribution < -0.4 is 5.32 Å². The third-order valence-electron chi connectivity index (χ3n) is 3.57. The van der Waals surface area contributed by atoms with Gasteiger partial charge in [0.25, 0.3) is 0 Å². The lowest BCUT2D eigenvalue weighted by atomic mass is 10.1. The van der Waals surface area contributed by atoms with E-state index in [0.29, 0.717) is 28.6 Å². The molecule has 0 saturated carbocycles. The number of rotatable bonds is 8. The van der Waals surface area contributed by atoms with Crippen molar-refractivity contribution in [2.75, 3.05) is 6.54 Å². The molecular weight excluding hydrogens is 335 g/mol. The fourth-order valence-corrected chi connectivity index (χ4v) is 2.71. The molecule has 4 nitrogen and oxygen atoms in total. The van der Waals surface area contributed by atoms with Crippen LogP contribution in [0.2, 0.25) is 10.0 Å². The van der Waals surface area contributed by atoms with E-state index in [9.17, 15) is 9.59 Å². The fourth-order valence-electron chi connectivity index (χ4n) is 2.19. The van der Waals surface area contributed by atoms with E-state index in [1.807, 2.05) is 13.8 Å². The molecule has 0 radical (unpaired) electrons. The van der Waals surface area contributed by atoms with E-state index in [4.69, 9.17) is 23.2 Å². The van der Waals surface area contributed by atoms with E-state index in [2.05, 4.69) is 5.32 Å². The summed E-state index contributed by atoms with van der Waals surface area (Å²) in [6.07, 6.45) is 1.94. The van der Waals surface area contributed by atoms with Crippen LogP contribution in [0.5, 0.6) is 0 Å². The predicted octanol–water partition coefficient (Wildman–Crippen LogP) is 4.04. The predicted molar refractivity (Wildman–Crippen MR) is 94.7 cm³/mol. The minimum absolute atomic E-state index is 0.0809. The number of hydrogen-bond donors (Lipinski definition) is 1. The molecule has 1 rings (SSSR count). The number of halogens is 2. The van der Waals surface area contributed by atoms with Gasteiger partial charge in [-0.1, -0.05) is 43.1 Å². The molecule has 23 heavy (non-hydrogen) atoms. The summed E-state index contributed by atoms with van der Waals surface area (Å²) in [4.78, 5) is 26.2. The molecule has 1 atom stereocenters. The van der Waals surface area contributed by atoms with Crippen molar-refractivity contribution in [1.29, 1.82) is 0 Å². The molecule has 0 aromatic heterocycles. The van der Waals surface area contributed by atoms with Crippen molar-refractivity contribution in [2.24, 2.45) is 0 Å². The first kappa shape index (κ1) is 19.8. The van der Waals surface area contributed by atoms with Crippen LogP contribution in [0, 0.1) is 0 Å². The van der Waals surface area contributed by atoms with Gasteiger partial charge < -0.3 is 10.2 Å². The highest BCUT2D eigenvalue weighted by Crippen LogP contribution is 2.26. The van der Waals surface area contributed by atoms with Crippen LogP contribution in [0.25, 0.3) is 0 Å². The quantitative estimate of drug-likeness (QED) is 0.762. The summed E-state index contributed by atoms with van der Waals surface area (Å²) in [6.45, 7) is 6.45. The second-order valence-corrected chi connectivity index (χ2v) is 6.25. The second kappa shape index (κ2) is 9.78. The average molecular weight is 359 g/mol. The van der Waals surface area contributed by atoms with Gasteiger partial charge in [-0.25, -0.2) is 0 Å². The Labute approximate surface area is 148 Å². The molecular formula is C17H24Cl2N2O2. The van der Waals surface area contributed by atoms with Crippen LogP contribution in [-0.2, 0) is 16.1 Å². The Bertz CT molecular complexity index is 529. The zero-order valence-corrected chi connectivity index (χ0v) is 15.4. The maximum Gasteiger partial charge on any atom is 0.242 e. The number of amides is 2. The van der Waals surface area contributed by atoms with E-state index >= 15 is 0 Å². The number of carbonyl (C=O) groups is 2. The molecule has 6 heteroatoms. The van der Waals surface area contributed by atoms with Crippen LogP contribution in [-0.4, -0.2) is 29.3 Å². The molecule has 128 valence electrons. The molecule has 0 saturated heterocycles. The molecule has 0 aliphatic rings. The molecule has 0 bridgehead atoms. The van der Waals surface area contributed by atoms with Crippen LogP contribution in [0.4, 0.5) is 0 Å². The third-order valence-corrected chi connectivity index (χ3v) is 4.28. The normalized spacial score (nSPS) is 11.9. The van der Waals surface area contributed by atoms with Gasteiger partial charge in [0.1, 0.15) is 6.04 Å². The van der Waals surface area contributed by atoms with Gasteiger partial charge in [-0.15, -0.1) is 0 Å². The summed E-state index contributed by atoms with van der Waals surface area (Å²) in [6, 6.07) is 4.64. The SMILES string of the molecule is CCCNC(=O)[C@H](C)N(Cc1c(Cl)cccc1Cl)C(=O)CCC. The van der Waals surface area contributed by atoms with Gasteiger partial charge >= 0.3 is 0 Å². The molecule has 1 aromatic rings. The Morgan fingerprint density at radius 3 is 2.30 bits per heavy atom. The van der Waals surface area contributed by atoms with Crippen molar-refractivity contribution < 1.29 is 9.59 Å². The van der Waals surface area contributed by atoms with Crippen molar-refractivity contribution in [3.8, 4) is 0 Å². The highest BCUT2D eigenvalue weighted by molar-refractivity contribution is 6.36. The Morgan fingerprint density at radius 2 is 1.78 bits per heavy atom. The Balaban J connectivity index is 3.01. The van der Waals surface area contributed by atoms with E-state index in [1.54, 1.807) is 30.0 Å². The van der Waals surface area contributed by atoms with Gasteiger partial charge in [-0.3, -0.25) is 9.59 Å². The Morgan fingerprint density at radius 1 is 1.17 bits per heavy atom. The fraction of sp³-hybridized carbons (Fsp3) is 0.529. The molecule has 0 aliphatic heterocycles. The zero-order valence-electron chi connectivity index (χ0n) is 13.9. The monoisotopic (exact) mass is 358 g/mol.